The van der Waals surface area contributed by atoms with Gasteiger partial charge in [0, 0.05) is 159 Å². The second kappa shape index (κ2) is 26.8. The second-order valence-corrected chi connectivity index (χ2v) is 21.8. The van der Waals surface area contributed by atoms with Crippen LogP contribution in [0.2, 0.25) is 15.7 Å². The topological polar surface area (TPSA) is 213 Å². The Kier molecular flexibility index (Phi) is 20.3. The van der Waals surface area contributed by atoms with Crippen molar-refractivity contribution in [2.75, 3.05) is 131 Å². The average Bonchev–Trinajstić information content (AvgIpc) is 3.42. The quantitative estimate of drug-likeness (QED) is 0.145. The third-order valence-electron chi connectivity index (χ3n) is 12.8. The Morgan fingerprint density at radius 2 is 1.16 bits per heavy atom. The molecule has 2 N–H and O–H groups in total. The van der Waals surface area contributed by atoms with Gasteiger partial charge in [-0.25, -0.2) is 34.5 Å². The molecule has 0 radical (unpaired) electrons. The number of nitrogens with one attached hydrogen (secondary N) is 2. The molecule has 5 saturated heterocycles. The zero-order valence-electron chi connectivity index (χ0n) is 44.5. The normalized spacial score (nSPS) is 19.1. The summed E-state index contributed by atoms with van der Waals surface area (Å²) >= 11 is 16.5. The van der Waals surface area contributed by atoms with E-state index in [0.29, 0.717) is 49.0 Å². The van der Waals surface area contributed by atoms with Crippen LogP contribution in [-0.2, 0) is 9.47 Å². The Hall–Kier alpha value is -6.15. The molecular weight excluding hydrogens is 1030 g/mol. The smallest absolute Gasteiger partial charge is 0.410 e. The van der Waals surface area contributed by atoms with E-state index in [1.807, 2.05) is 72.0 Å². The lowest BCUT2D eigenvalue weighted by Gasteiger charge is -2.51. The van der Waals surface area contributed by atoms with E-state index in [0.717, 1.165) is 119 Å². The number of hydrogen-bond acceptors (Lipinski definition) is 19. The van der Waals surface area contributed by atoms with E-state index < -0.39 is 5.60 Å². The summed E-state index contributed by atoms with van der Waals surface area (Å²) in [7, 11) is 0. The highest BCUT2D eigenvalue weighted by Crippen LogP contribution is 2.32. The zero-order valence-corrected chi connectivity index (χ0v) is 46.8. The monoisotopic (exact) mass is 1100 g/mol. The summed E-state index contributed by atoms with van der Waals surface area (Å²) in [6.45, 7) is 28.1. The van der Waals surface area contributed by atoms with Gasteiger partial charge < -0.3 is 49.5 Å². The Balaban J connectivity index is 0.000000172. The molecule has 21 nitrogen and oxygen atoms in total. The number of halogens is 3. The number of fused-ring (bicyclic) bond motifs is 2. The number of benzene rings is 1. The van der Waals surface area contributed by atoms with Gasteiger partial charge in [0.2, 0.25) is 16.5 Å². The minimum atomic E-state index is -0.464. The molecule has 0 unspecified atom stereocenters. The Morgan fingerprint density at radius 3 is 1.75 bits per heavy atom. The number of pyridine rings is 1. The Labute approximate surface area is 460 Å². The SMILES string of the molecule is CC(C)(C)OC(=O)N1CCN(c2ccnc(Cl)n2)CC1.CC(C)(C)OC(=O)N1CCNCC1.C[C@@H]1CN(c2ccc(C#N)c3ncccc23)C[C@@H]2CN(c3nccc(N4CCNCC4)n3)CCN21.Clc1ccnc(Cl)n1. The average molecular weight is 1100 g/mol. The van der Waals surface area contributed by atoms with E-state index in [1.165, 1.54) is 6.20 Å². The maximum atomic E-state index is 11.9. The molecule has 1 aromatic carbocycles. The van der Waals surface area contributed by atoms with E-state index in [9.17, 15) is 14.9 Å². The minimum absolute atomic E-state index is 0.178. The van der Waals surface area contributed by atoms with Gasteiger partial charge in [-0.05, 0) is 114 Å². The number of rotatable bonds is 4. The number of aromatic nitrogens is 7. The van der Waals surface area contributed by atoms with Crippen molar-refractivity contribution in [2.24, 2.45) is 0 Å². The van der Waals surface area contributed by atoms with Crippen molar-refractivity contribution in [1.82, 2.24) is 60.2 Å². The summed E-state index contributed by atoms with van der Waals surface area (Å²) in [5.41, 5.74) is 1.72. The first-order valence-electron chi connectivity index (χ1n) is 25.7. The fourth-order valence-corrected chi connectivity index (χ4v) is 9.73. The summed E-state index contributed by atoms with van der Waals surface area (Å²) in [6, 6.07) is 16.5. The molecule has 0 bridgehead atoms. The van der Waals surface area contributed by atoms with Crippen LogP contribution < -0.4 is 30.2 Å². The fourth-order valence-electron chi connectivity index (χ4n) is 9.26. The number of ether oxygens (including phenoxy) is 2. The maximum absolute atomic E-state index is 11.9. The predicted molar refractivity (Wildman–Crippen MR) is 298 cm³/mol. The number of nitrogens with zero attached hydrogens (tertiary/aromatic N) is 15. The van der Waals surface area contributed by atoms with Crippen molar-refractivity contribution in [3.63, 3.8) is 0 Å². The molecule has 0 aliphatic carbocycles. The highest BCUT2D eigenvalue weighted by atomic mass is 35.5. The Bertz CT molecular complexity index is 2720. The van der Waals surface area contributed by atoms with Gasteiger partial charge in [-0.15, -0.1) is 0 Å². The number of hydrogen-bond donors (Lipinski definition) is 2. The number of carbonyl (C=O) groups is 2. The van der Waals surface area contributed by atoms with Gasteiger partial charge >= 0.3 is 12.2 Å². The van der Waals surface area contributed by atoms with Gasteiger partial charge in [-0.3, -0.25) is 9.88 Å². The lowest BCUT2D eigenvalue weighted by Crippen LogP contribution is -2.65. The summed E-state index contributed by atoms with van der Waals surface area (Å²) in [4.78, 5) is 68.1. The third kappa shape index (κ3) is 16.7. The van der Waals surface area contributed by atoms with Crippen LogP contribution in [0.15, 0.2) is 67.3 Å². The van der Waals surface area contributed by atoms with Gasteiger partial charge in [-0.1, -0.05) is 11.6 Å². The minimum Gasteiger partial charge on any atom is -0.444 e. The molecule has 5 fully saturated rings. The van der Waals surface area contributed by atoms with Gasteiger partial charge in [0.1, 0.15) is 34.1 Å². The van der Waals surface area contributed by atoms with E-state index in [2.05, 4.69) is 90.2 Å². The van der Waals surface area contributed by atoms with Gasteiger partial charge in [0.15, 0.2) is 0 Å². The number of nitriles is 1. The summed E-state index contributed by atoms with van der Waals surface area (Å²) in [5, 5.41) is 18.0. The first-order chi connectivity index (χ1) is 36.3. The van der Waals surface area contributed by atoms with E-state index in [4.69, 9.17) is 49.3 Å². The molecule has 408 valence electrons. The molecule has 5 aromatic rings. The van der Waals surface area contributed by atoms with Crippen molar-refractivity contribution in [3.8, 4) is 6.07 Å². The van der Waals surface area contributed by atoms with E-state index in [-0.39, 0.29) is 28.4 Å². The van der Waals surface area contributed by atoms with Crippen molar-refractivity contribution >= 4 is 81.2 Å². The molecule has 0 spiro atoms. The number of carbonyl (C=O) groups excluding carboxylic acids is 2. The molecule has 10 rings (SSSR count). The number of piperazine rings is 5. The van der Waals surface area contributed by atoms with Crippen LogP contribution in [0.3, 0.4) is 0 Å². The molecule has 76 heavy (non-hydrogen) atoms. The first-order valence-corrected chi connectivity index (χ1v) is 26.8. The summed E-state index contributed by atoms with van der Waals surface area (Å²) in [5.74, 6) is 2.64. The second-order valence-electron chi connectivity index (χ2n) is 20.7. The van der Waals surface area contributed by atoms with Crippen molar-refractivity contribution in [3.05, 3.63) is 88.5 Å². The highest BCUT2D eigenvalue weighted by molar-refractivity contribution is 6.31. The molecular formula is C52H70Cl3N17O4. The molecule has 4 aromatic heterocycles. The van der Waals surface area contributed by atoms with Gasteiger partial charge in [-0.2, -0.15) is 10.2 Å². The molecule has 2 amide bonds. The molecule has 5 aliphatic heterocycles. The standard InChI is InChI=1S/C26H31N9.C13H19ClN4O2.C9H18N2O2.C4H2Cl2N2/c1-19-16-34(23-5-4-20(15-27)25-22(23)3-2-7-29-25)18-21-17-33(13-14-35(19)21)26-30-8-6-24(31-26)32-11-9-28-10-12-32;1-13(2,3)20-12(19)18-8-6-17(7-9-18)10-4-5-15-11(14)16-10;1-9(2,3)13-8(12)11-6-4-10-5-7-11;5-3-1-2-7-4(6)8-3/h2-8,19,21,28H,9-14,16-18H2,1H3;4-5H,6-9H2,1-3H3;10H,4-7H2,1-3H3;1-2H/t19-,21+;;;/m1.../s1. The Morgan fingerprint density at radius 1 is 0.605 bits per heavy atom. The van der Waals surface area contributed by atoms with Crippen LogP contribution in [0.5, 0.6) is 0 Å². The van der Waals surface area contributed by atoms with Crippen LogP contribution in [0.25, 0.3) is 10.9 Å². The van der Waals surface area contributed by atoms with Crippen LogP contribution >= 0.6 is 34.8 Å². The highest BCUT2D eigenvalue weighted by Gasteiger charge is 2.38. The lowest BCUT2D eigenvalue weighted by molar-refractivity contribution is 0.0223. The molecule has 9 heterocycles. The van der Waals surface area contributed by atoms with Crippen LogP contribution in [0, 0.1) is 11.3 Å². The van der Waals surface area contributed by atoms with E-state index in [1.54, 1.807) is 28.3 Å². The molecule has 24 heteroatoms. The molecule has 5 aliphatic rings. The largest absolute Gasteiger partial charge is 0.444 e. The van der Waals surface area contributed by atoms with Crippen molar-refractivity contribution in [1.29, 1.82) is 5.26 Å². The van der Waals surface area contributed by atoms with Crippen LogP contribution in [-0.4, -0.2) is 196 Å². The van der Waals surface area contributed by atoms with Crippen LogP contribution in [0.1, 0.15) is 54.0 Å². The van der Waals surface area contributed by atoms with Crippen molar-refractivity contribution < 1.29 is 19.1 Å². The molecule has 0 saturated carbocycles. The number of amides is 2. The summed E-state index contributed by atoms with van der Waals surface area (Å²) < 4.78 is 10.6. The van der Waals surface area contributed by atoms with Crippen LogP contribution in [0.4, 0.5) is 32.9 Å². The van der Waals surface area contributed by atoms with Crippen molar-refractivity contribution in [2.45, 2.75) is 71.8 Å². The lowest BCUT2D eigenvalue weighted by atomic mass is 10.0. The number of anilines is 4. The third-order valence-corrected chi connectivity index (χ3v) is 13.4. The maximum Gasteiger partial charge on any atom is 0.410 e. The predicted octanol–water partition coefficient (Wildman–Crippen LogP) is 6.50. The van der Waals surface area contributed by atoms with E-state index >= 15 is 0 Å². The first kappa shape index (κ1) is 57.6. The zero-order chi connectivity index (χ0) is 54.4. The molecule has 2 atom stereocenters. The summed E-state index contributed by atoms with van der Waals surface area (Å²) in [6.07, 6.45) is 6.33. The van der Waals surface area contributed by atoms with Gasteiger partial charge in [0.25, 0.3) is 0 Å². The van der Waals surface area contributed by atoms with Gasteiger partial charge in [0.05, 0.1) is 11.1 Å². The fraction of sp³-hybridized carbons (Fsp3) is 0.538.